The molecule has 74 valence electrons. The first-order valence-electron chi connectivity index (χ1n) is 4.31. The summed E-state index contributed by atoms with van der Waals surface area (Å²) in [5, 5.41) is 7.60. The van der Waals surface area contributed by atoms with Gasteiger partial charge in [-0.05, 0) is 6.42 Å². The van der Waals surface area contributed by atoms with E-state index in [1.54, 1.807) is 0 Å². The first-order chi connectivity index (χ1) is 6.18. The Kier molecular flexibility index (Phi) is 14.5. The Balaban J connectivity index is 0. The van der Waals surface area contributed by atoms with E-state index in [0.717, 1.165) is 6.08 Å². The van der Waals surface area contributed by atoms with E-state index < -0.39 is 5.97 Å². The van der Waals surface area contributed by atoms with Crippen LogP contribution < -0.4 is 0 Å². The molecule has 0 aliphatic carbocycles. The lowest BCUT2D eigenvalue weighted by atomic mass is 10.2. The van der Waals surface area contributed by atoms with Gasteiger partial charge < -0.3 is 5.11 Å². The van der Waals surface area contributed by atoms with Gasteiger partial charge in [-0.2, -0.15) is 0 Å². The number of carboxylic acid groups (broad SMARTS) is 1. The average Bonchev–Trinajstić information content (AvgIpc) is 2.14. The van der Waals surface area contributed by atoms with E-state index in [-0.39, 0.29) is 0 Å². The molecule has 0 spiro atoms. The van der Waals surface area contributed by atoms with Gasteiger partial charge in [0.25, 0.3) is 0 Å². The summed E-state index contributed by atoms with van der Waals surface area (Å²) >= 11 is 0. The van der Waals surface area contributed by atoms with Crippen LogP contribution in [0.5, 0.6) is 0 Å². The molecule has 13 heavy (non-hydrogen) atoms. The van der Waals surface area contributed by atoms with E-state index in [1.807, 2.05) is 12.2 Å². The number of hydrogen-bond acceptors (Lipinski definition) is 1. The Morgan fingerprint density at radius 3 is 2.31 bits per heavy atom. The second-order valence-corrected chi connectivity index (χ2v) is 2.35. The van der Waals surface area contributed by atoms with Gasteiger partial charge in [-0.15, -0.1) is 0 Å². The third-order valence-corrected chi connectivity index (χ3v) is 1.17. The highest BCUT2D eigenvalue weighted by Gasteiger charge is 1.74. The van der Waals surface area contributed by atoms with Crippen LogP contribution >= 0.6 is 0 Å². The van der Waals surface area contributed by atoms with Crippen LogP contribution in [-0.2, 0) is 4.79 Å². The van der Waals surface area contributed by atoms with Crippen molar-refractivity contribution in [3.05, 3.63) is 37.5 Å². The molecule has 2 heteroatoms. The summed E-state index contributed by atoms with van der Waals surface area (Å²) in [5.41, 5.74) is 0. The topological polar surface area (TPSA) is 37.3 Å². The number of allylic oxidation sites excluding steroid dienone is 3. The monoisotopic (exact) mass is 182 g/mol. The lowest BCUT2D eigenvalue weighted by Crippen LogP contribution is -1.82. The average molecular weight is 182 g/mol. The van der Waals surface area contributed by atoms with E-state index in [0.29, 0.717) is 0 Å². The molecule has 0 aromatic rings. The standard InChI is InChI=1S/C8H14.C3H4O2/c1-3-5-7-8-6-4-2;1-2-3(4)5/h3,5,7H,1,4,6,8H2,2H3;2H,1H2,(H,4,5). The summed E-state index contributed by atoms with van der Waals surface area (Å²) in [4.78, 5) is 9.25. The summed E-state index contributed by atoms with van der Waals surface area (Å²) in [6.45, 7) is 8.73. The molecule has 0 heterocycles. The molecule has 0 fully saturated rings. The molecule has 0 saturated heterocycles. The van der Waals surface area contributed by atoms with Gasteiger partial charge in [0.15, 0.2) is 0 Å². The number of aliphatic carboxylic acids is 1. The molecule has 0 atom stereocenters. The summed E-state index contributed by atoms with van der Waals surface area (Å²) < 4.78 is 0. The number of unbranched alkanes of at least 4 members (excludes halogenated alkanes) is 2. The highest BCUT2D eigenvalue weighted by Crippen LogP contribution is 1.93. The zero-order valence-electron chi connectivity index (χ0n) is 8.20. The molecular weight excluding hydrogens is 164 g/mol. The predicted molar refractivity (Wildman–Crippen MR) is 56.7 cm³/mol. The molecular formula is C11H18O2. The predicted octanol–water partition coefficient (Wildman–Crippen LogP) is 3.18. The molecule has 0 bridgehead atoms. The quantitative estimate of drug-likeness (QED) is 0.403. The van der Waals surface area contributed by atoms with Crippen LogP contribution in [0.3, 0.4) is 0 Å². The smallest absolute Gasteiger partial charge is 0.327 e. The van der Waals surface area contributed by atoms with E-state index in [4.69, 9.17) is 5.11 Å². The van der Waals surface area contributed by atoms with Crippen molar-refractivity contribution in [2.75, 3.05) is 0 Å². The lowest BCUT2D eigenvalue weighted by molar-refractivity contribution is -0.131. The Bertz CT molecular complexity index is 169. The zero-order valence-corrected chi connectivity index (χ0v) is 8.20. The molecule has 0 aromatic carbocycles. The lowest BCUT2D eigenvalue weighted by Gasteiger charge is -1.84. The Morgan fingerprint density at radius 1 is 1.46 bits per heavy atom. The number of rotatable bonds is 5. The van der Waals surface area contributed by atoms with Crippen molar-refractivity contribution in [3.63, 3.8) is 0 Å². The molecule has 2 nitrogen and oxygen atoms in total. The summed E-state index contributed by atoms with van der Waals surface area (Å²) in [6, 6.07) is 0. The molecule has 0 radical (unpaired) electrons. The maximum atomic E-state index is 9.25. The fourth-order valence-electron chi connectivity index (χ4n) is 0.514. The zero-order chi connectivity index (χ0) is 10.5. The molecule has 0 saturated carbocycles. The van der Waals surface area contributed by atoms with Crippen molar-refractivity contribution in [1.29, 1.82) is 0 Å². The Hall–Kier alpha value is -1.31. The Morgan fingerprint density at radius 2 is 2.00 bits per heavy atom. The van der Waals surface area contributed by atoms with E-state index >= 15 is 0 Å². The van der Waals surface area contributed by atoms with E-state index in [1.165, 1.54) is 19.3 Å². The van der Waals surface area contributed by atoms with Crippen LogP contribution in [0.25, 0.3) is 0 Å². The van der Waals surface area contributed by atoms with Crippen LogP contribution in [0.1, 0.15) is 26.2 Å². The second-order valence-electron chi connectivity index (χ2n) is 2.35. The summed E-state index contributed by atoms with van der Waals surface area (Å²) in [6.07, 6.45) is 10.6. The number of carbonyl (C=O) groups is 1. The second kappa shape index (κ2) is 13.3. The Labute approximate surface area is 80.3 Å². The first-order valence-corrected chi connectivity index (χ1v) is 4.31. The molecule has 0 unspecified atom stereocenters. The van der Waals surface area contributed by atoms with Gasteiger partial charge in [-0.3, -0.25) is 0 Å². The minimum absolute atomic E-state index is 0.833. The van der Waals surface area contributed by atoms with Crippen LogP contribution in [0.2, 0.25) is 0 Å². The van der Waals surface area contributed by atoms with Gasteiger partial charge >= 0.3 is 5.97 Å². The van der Waals surface area contributed by atoms with Crippen LogP contribution in [0.15, 0.2) is 37.5 Å². The normalized spacial score (nSPS) is 8.69. The minimum atomic E-state index is -0.981. The van der Waals surface area contributed by atoms with Crippen molar-refractivity contribution in [1.82, 2.24) is 0 Å². The van der Waals surface area contributed by atoms with Gasteiger partial charge in [0.2, 0.25) is 0 Å². The fourth-order valence-corrected chi connectivity index (χ4v) is 0.514. The van der Waals surface area contributed by atoms with Crippen molar-refractivity contribution in [2.24, 2.45) is 0 Å². The highest BCUT2D eigenvalue weighted by molar-refractivity contribution is 5.78. The fraction of sp³-hybridized carbons (Fsp3) is 0.364. The van der Waals surface area contributed by atoms with Crippen LogP contribution in [0.4, 0.5) is 0 Å². The number of hydrogen-bond donors (Lipinski definition) is 1. The van der Waals surface area contributed by atoms with Gasteiger partial charge in [0.05, 0.1) is 0 Å². The summed E-state index contributed by atoms with van der Waals surface area (Å²) in [7, 11) is 0. The molecule has 0 aromatic heterocycles. The maximum Gasteiger partial charge on any atom is 0.327 e. The van der Waals surface area contributed by atoms with Gasteiger partial charge in [-0.25, -0.2) is 4.79 Å². The van der Waals surface area contributed by atoms with Gasteiger partial charge in [-0.1, -0.05) is 51.2 Å². The van der Waals surface area contributed by atoms with Crippen LogP contribution in [-0.4, -0.2) is 11.1 Å². The van der Waals surface area contributed by atoms with Gasteiger partial charge in [0.1, 0.15) is 0 Å². The SMILES string of the molecule is C=CC(=O)O.C=CC=CCCCC. The largest absolute Gasteiger partial charge is 0.478 e. The molecule has 0 aliphatic heterocycles. The van der Waals surface area contributed by atoms with Crippen molar-refractivity contribution < 1.29 is 9.90 Å². The molecule has 1 N–H and O–H groups in total. The van der Waals surface area contributed by atoms with E-state index in [9.17, 15) is 4.79 Å². The first kappa shape index (κ1) is 14.2. The third kappa shape index (κ3) is 24.9. The van der Waals surface area contributed by atoms with Crippen LogP contribution in [0, 0.1) is 0 Å². The number of carboxylic acids is 1. The maximum absolute atomic E-state index is 9.25. The minimum Gasteiger partial charge on any atom is -0.478 e. The van der Waals surface area contributed by atoms with Crippen molar-refractivity contribution in [2.45, 2.75) is 26.2 Å². The molecule has 0 aliphatic rings. The third-order valence-electron chi connectivity index (χ3n) is 1.17. The summed E-state index contributed by atoms with van der Waals surface area (Å²) in [5.74, 6) is -0.981. The molecule has 0 amide bonds. The van der Waals surface area contributed by atoms with Crippen molar-refractivity contribution >= 4 is 5.97 Å². The molecule has 0 rings (SSSR count). The van der Waals surface area contributed by atoms with E-state index in [2.05, 4.69) is 26.2 Å². The van der Waals surface area contributed by atoms with Gasteiger partial charge in [0, 0.05) is 6.08 Å². The van der Waals surface area contributed by atoms with Crippen molar-refractivity contribution in [3.8, 4) is 0 Å². The highest BCUT2D eigenvalue weighted by atomic mass is 16.4.